The van der Waals surface area contributed by atoms with E-state index < -0.39 is 70.3 Å². The second-order valence-corrected chi connectivity index (χ2v) is 6.01. The fourth-order valence-corrected chi connectivity index (χ4v) is 2.72. The minimum Gasteiger partial charge on any atom is -0.506 e. The molecule has 0 amide bonds. The molecule has 0 heterocycles. The van der Waals surface area contributed by atoms with Crippen molar-refractivity contribution in [2.24, 2.45) is 4.99 Å². The molecular formula is C20H16F5NO4. The van der Waals surface area contributed by atoms with Gasteiger partial charge in [-0.05, 0) is 12.0 Å². The van der Waals surface area contributed by atoms with E-state index in [0.29, 0.717) is 5.56 Å². The Hall–Kier alpha value is -3.27. The molecule has 2 aromatic carbocycles. The van der Waals surface area contributed by atoms with Crippen molar-refractivity contribution in [1.82, 2.24) is 0 Å². The first-order valence-electron chi connectivity index (χ1n) is 8.56. The first-order chi connectivity index (χ1) is 14.1. The van der Waals surface area contributed by atoms with Crippen molar-refractivity contribution < 1.29 is 42.1 Å². The molecule has 0 spiro atoms. The van der Waals surface area contributed by atoms with Crippen molar-refractivity contribution in [3.63, 3.8) is 0 Å². The van der Waals surface area contributed by atoms with E-state index in [1.807, 2.05) is 0 Å². The van der Waals surface area contributed by atoms with E-state index in [1.54, 1.807) is 30.3 Å². The highest BCUT2D eigenvalue weighted by atomic mass is 19.2. The fourth-order valence-electron chi connectivity index (χ4n) is 2.72. The average molecular weight is 429 g/mol. The van der Waals surface area contributed by atoms with Crippen molar-refractivity contribution in [3.8, 4) is 0 Å². The van der Waals surface area contributed by atoms with Crippen molar-refractivity contribution in [2.45, 2.75) is 19.4 Å². The predicted octanol–water partition coefficient (Wildman–Crippen LogP) is 4.32. The molecule has 2 aromatic rings. The van der Waals surface area contributed by atoms with Crippen LogP contribution in [0.1, 0.15) is 30.5 Å². The number of hydrogen-bond donors (Lipinski definition) is 3. The molecule has 1 atom stereocenters. The Bertz CT molecular complexity index is 993. The zero-order valence-corrected chi connectivity index (χ0v) is 15.5. The maximum absolute atomic E-state index is 14.0. The summed E-state index contributed by atoms with van der Waals surface area (Å²) in [6, 6.07) is 7.08. The van der Waals surface area contributed by atoms with Crippen LogP contribution < -0.4 is 0 Å². The van der Waals surface area contributed by atoms with Crippen LogP contribution in [0.4, 0.5) is 22.0 Å². The number of aliphatic hydroxyl groups excluding tert-OH is 2. The second kappa shape index (κ2) is 9.49. The molecule has 0 aromatic heterocycles. The third kappa shape index (κ3) is 4.33. The molecule has 0 saturated carbocycles. The van der Waals surface area contributed by atoms with E-state index in [2.05, 4.69) is 4.99 Å². The van der Waals surface area contributed by atoms with Crippen LogP contribution in [0.2, 0.25) is 0 Å². The van der Waals surface area contributed by atoms with Crippen molar-refractivity contribution >= 4 is 17.4 Å². The number of carboxylic acid groups (broad SMARTS) is 1. The van der Waals surface area contributed by atoms with Gasteiger partial charge in [0, 0.05) is 0 Å². The molecule has 5 nitrogen and oxygen atoms in total. The highest BCUT2D eigenvalue weighted by Crippen LogP contribution is 2.30. The summed E-state index contributed by atoms with van der Waals surface area (Å²) in [5, 5.41) is 29.3. The van der Waals surface area contributed by atoms with Crippen LogP contribution in [0.25, 0.3) is 5.76 Å². The number of aliphatic carboxylic acids is 1. The lowest BCUT2D eigenvalue weighted by Gasteiger charge is -2.15. The zero-order valence-electron chi connectivity index (χ0n) is 15.5. The van der Waals surface area contributed by atoms with E-state index in [9.17, 15) is 42.1 Å². The van der Waals surface area contributed by atoms with E-state index in [1.165, 1.54) is 6.92 Å². The normalized spacial score (nSPS) is 13.8. The summed E-state index contributed by atoms with van der Waals surface area (Å²) in [6.07, 6.45) is -0.204. The lowest BCUT2D eigenvalue weighted by molar-refractivity contribution is -0.132. The Morgan fingerprint density at radius 2 is 1.43 bits per heavy atom. The molecule has 0 saturated heterocycles. The molecule has 160 valence electrons. The average Bonchev–Trinajstić information content (AvgIpc) is 2.74. The van der Waals surface area contributed by atoms with Crippen LogP contribution in [0.5, 0.6) is 0 Å². The minimum absolute atomic E-state index is 0.204. The van der Waals surface area contributed by atoms with Gasteiger partial charge < -0.3 is 15.3 Å². The van der Waals surface area contributed by atoms with Gasteiger partial charge in [-0.1, -0.05) is 37.3 Å². The maximum atomic E-state index is 14.0. The standard InChI is InChI=1S/C20H16F5NO4/c1-2-10(26-11(8-27)9-6-4-3-5-7-9)12(20(29)30)19(28)13-14(21)16(23)18(25)17(24)15(13)22/h3-7,11,27-28H,2,8H2,1H3,(H,29,30)/t11-/m0/s1. The van der Waals surface area contributed by atoms with E-state index in [4.69, 9.17) is 0 Å². The molecule has 0 aliphatic carbocycles. The summed E-state index contributed by atoms with van der Waals surface area (Å²) in [5.74, 6) is -15.5. The smallest absolute Gasteiger partial charge is 0.341 e. The number of halogens is 5. The van der Waals surface area contributed by atoms with Gasteiger partial charge in [-0.2, -0.15) is 0 Å². The van der Waals surface area contributed by atoms with Crippen LogP contribution in [-0.2, 0) is 4.79 Å². The second-order valence-electron chi connectivity index (χ2n) is 6.01. The number of aliphatic hydroxyl groups is 2. The summed E-state index contributed by atoms with van der Waals surface area (Å²) in [6.45, 7) is 0.816. The summed E-state index contributed by atoms with van der Waals surface area (Å²) in [7, 11) is 0. The third-order valence-electron chi connectivity index (χ3n) is 4.19. The zero-order chi connectivity index (χ0) is 22.6. The van der Waals surface area contributed by atoms with Gasteiger partial charge in [0.05, 0.1) is 23.9 Å². The molecule has 0 aliphatic rings. The molecule has 0 fully saturated rings. The van der Waals surface area contributed by atoms with Crippen LogP contribution in [0.15, 0.2) is 40.9 Å². The number of aliphatic imine (C=N–C) groups is 1. The summed E-state index contributed by atoms with van der Waals surface area (Å²) in [4.78, 5) is 15.7. The number of carboxylic acids is 1. The van der Waals surface area contributed by atoms with E-state index in [0.717, 1.165) is 0 Å². The van der Waals surface area contributed by atoms with Gasteiger partial charge in [-0.25, -0.2) is 26.7 Å². The molecule has 30 heavy (non-hydrogen) atoms. The van der Waals surface area contributed by atoms with Gasteiger partial charge in [0.1, 0.15) is 11.3 Å². The molecule has 3 N–H and O–H groups in total. The van der Waals surface area contributed by atoms with Gasteiger partial charge in [0.2, 0.25) is 5.82 Å². The first-order valence-corrected chi connectivity index (χ1v) is 8.56. The fraction of sp³-hybridized carbons (Fsp3) is 0.200. The van der Waals surface area contributed by atoms with Crippen LogP contribution in [-0.4, -0.2) is 33.6 Å². The van der Waals surface area contributed by atoms with Crippen LogP contribution in [0, 0.1) is 29.1 Å². The minimum atomic E-state index is -2.45. The monoisotopic (exact) mass is 429 g/mol. The van der Waals surface area contributed by atoms with Gasteiger partial charge in [-0.3, -0.25) is 4.99 Å². The number of rotatable bonds is 7. The van der Waals surface area contributed by atoms with Crippen LogP contribution >= 0.6 is 0 Å². The van der Waals surface area contributed by atoms with Gasteiger partial charge >= 0.3 is 5.97 Å². The Morgan fingerprint density at radius 1 is 0.933 bits per heavy atom. The van der Waals surface area contributed by atoms with Gasteiger partial charge in [0.25, 0.3) is 0 Å². The summed E-state index contributed by atoms with van der Waals surface area (Å²) in [5.41, 5.74) is -2.90. The van der Waals surface area contributed by atoms with Crippen molar-refractivity contribution in [1.29, 1.82) is 0 Å². The summed E-state index contributed by atoms with van der Waals surface area (Å²) >= 11 is 0. The Labute approximate surface area is 167 Å². The lowest BCUT2D eigenvalue weighted by atomic mass is 10.00. The molecule has 0 radical (unpaired) electrons. The topological polar surface area (TPSA) is 90.1 Å². The number of hydrogen-bond acceptors (Lipinski definition) is 4. The molecule has 0 aliphatic heterocycles. The number of benzene rings is 2. The lowest BCUT2D eigenvalue weighted by Crippen LogP contribution is -2.18. The highest BCUT2D eigenvalue weighted by molar-refractivity contribution is 6.23. The Kier molecular flexibility index (Phi) is 7.28. The Morgan fingerprint density at radius 3 is 1.87 bits per heavy atom. The molecule has 0 bridgehead atoms. The van der Waals surface area contributed by atoms with E-state index in [-0.39, 0.29) is 6.42 Å². The molecule has 10 heteroatoms. The summed E-state index contributed by atoms with van der Waals surface area (Å²) < 4.78 is 68.3. The largest absolute Gasteiger partial charge is 0.506 e. The third-order valence-corrected chi connectivity index (χ3v) is 4.19. The first kappa shape index (κ1) is 23.0. The van der Waals surface area contributed by atoms with E-state index >= 15 is 0 Å². The number of nitrogens with zero attached hydrogens (tertiary/aromatic N) is 1. The molecule has 0 unspecified atom stereocenters. The SMILES string of the molecule is CCC(=N[C@@H](CO)c1ccccc1)C(C(=O)O)=C(O)c1c(F)c(F)c(F)c(F)c1F. The predicted molar refractivity (Wildman–Crippen MR) is 97.4 cm³/mol. The molecular weight excluding hydrogens is 413 g/mol. The van der Waals surface area contributed by atoms with Gasteiger partial charge in [0.15, 0.2) is 23.3 Å². The highest BCUT2D eigenvalue weighted by Gasteiger charge is 2.32. The van der Waals surface area contributed by atoms with Crippen molar-refractivity contribution in [3.05, 3.63) is 76.1 Å². The van der Waals surface area contributed by atoms with Crippen LogP contribution in [0.3, 0.4) is 0 Å². The van der Waals surface area contributed by atoms with Gasteiger partial charge in [-0.15, -0.1) is 0 Å². The quantitative estimate of drug-likeness (QED) is 0.153. The molecule has 2 rings (SSSR count). The maximum Gasteiger partial charge on any atom is 0.341 e. The van der Waals surface area contributed by atoms with Crippen molar-refractivity contribution in [2.75, 3.05) is 6.61 Å². The Balaban J connectivity index is 2.76. The number of carbonyl (C=O) groups is 1.